The van der Waals surface area contributed by atoms with E-state index in [2.05, 4.69) is 19.7 Å². The van der Waals surface area contributed by atoms with Gasteiger partial charge in [-0.15, -0.1) is 11.3 Å². The third-order valence-corrected chi connectivity index (χ3v) is 7.36. The summed E-state index contributed by atoms with van der Waals surface area (Å²) in [5, 5.41) is 1.16. The molecule has 34 heavy (non-hydrogen) atoms. The standard InChI is InChI=1S/C25H30FN5O2S/c1-25(2,3)33-21(32)15-29-9-8-19-20(14-29)34-24-22(19)23(27-16-28-24)31-12-10-30(11-13-31)18-6-4-17(26)5-7-18/h4-7,16H,8-15H2,1-3H3. The highest BCUT2D eigenvalue weighted by Gasteiger charge is 2.28. The molecule has 1 saturated heterocycles. The van der Waals surface area contributed by atoms with Gasteiger partial charge < -0.3 is 14.5 Å². The topological polar surface area (TPSA) is 61.8 Å². The molecular weight excluding hydrogens is 453 g/mol. The lowest BCUT2D eigenvalue weighted by Gasteiger charge is -2.37. The summed E-state index contributed by atoms with van der Waals surface area (Å²) in [5.74, 6) is 0.607. The molecule has 2 aliphatic heterocycles. The molecule has 0 unspecified atom stereocenters. The van der Waals surface area contributed by atoms with Gasteiger partial charge in [0, 0.05) is 49.8 Å². The number of carbonyl (C=O) groups is 1. The van der Waals surface area contributed by atoms with E-state index in [0.717, 1.165) is 67.4 Å². The van der Waals surface area contributed by atoms with Crippen LogP contribution in [0.4, 0.5) is 15.9 Å². The fourth-order valence-corrected chi connectivity index (χ4v) is 5.95. The van der Waals surface area contributed by atoms with Crippen LogP contribution in [0.5, 0.6) is 0 Å². The van der Waals surface area contributed by atoms with E-state index in [9.17, 15) is 9.18 Å². The molecule has 0 saturated carbocycles. The molecule has 0 amide bonds. The molecule has 0 aliphatic carbocycles. The molecule has 3 aromatic rings. The molecule has 0 spiro atoms. The number of esters is 1. The molecule has 0 N–H and O–H groups in total. The van der Waals surface area contributed by atoms with Gasteiger partial charge in [-0.3, -0.25) is 9.69 Å². The van der Waals surface area contributed by atoms with Gasteiger partial charge in [0.15, 0.2) is 0 Å². The van der Waals surface area contributed by atoms with Crippen molar-refractivity contribution in [2.45, 2.75) is 39.3 Å². The SMILES string of the molecule is CC(C)(C)OC(=O)CN1CCc2c(sc3ncnc(N4CCN(c5ccc(F)cc5)CC4)c23)C1. The second kappa shape index (κ2) is 9.11. The van der Waals surface area contributed by atoms with E-state index in [1.165, 1.54) is 22.6 Å². The first-order valence-electron chi connectivity index (χ1n) is 11.7. The lowest BCUT2D eigenvalue weighted by Crippen LogP contribution is -2.47. The molecular formula is C25H30FN5O2S. The Kier molecular flexibility index (Phi) is 6.16. The maximum atomic E-state index is 13.3. The van der Waals surface area contributed by atoms with E-state index in [-0.39, 0.29) is 11.8 Å². The molecule has 4 heterocycles. The number of rotatable bonds is 4. The van der Waals surface area contributed by atoms with E-state index in [1.807, 2.05) is 32.9 Å². The van der Waals surface area contributed by atoms with Gasteiger partial charge in [0.25, 0.3) is 0 Å². The normalized spacial score (nSPS) is 17.2. The van der Waals surface area contributed by atoms with E-state index in [4.69, 9.17) is 9.72 Å². The van der Waals surface area contributed by atoms with Crippen LogP contribution in [0, 0.1) is 5.82 Å². The number of anilines is 2. The summed E-state index contributed by atoms with van der Waals surface area (Å²) in [7, 11) is 0. The first kappa shape index (κ1) is 23.0. The van der Waals surface area contributed by atoms with Crippen LogP contribution in [0.3, 0.4) is 0 Å². The highest BCUT2D eigenvalue weighted by molar-refractivity contribution is 7.19. The van der Waals surface area contributed by atoms with Crippen molar-refractivity contribution in [1.29, 1.82) is 0 Å². The molecule has 9 heteroatoms. The zero-order valence-electron chi connectivity index (χ0n) is 19.9. The van der Waals surface area contributed by atoms with Crippen molar-refractivity contribution >= 4 is 39.0 Å². The molecule has 0 atom stereocenters. The van der Waals surface area contributed by atoms with Gasteiger partial charge in [-0.05, 0) is 57.0 Å². The van der Waals surface area contributed by atoms with Crippen molar-refractivity contribution in [2.75, 3.05) is 49.1 Å². The molecule has 2 aromatic heterocycles. The summed E-state index contributed by atoms with van der Waals surface area (Å²) in [4.78, 5) is 30.6. The molecule has 2 aliphatic rings. The number of ether oxygens (including phenoxy) is 1. The van der Waals surface area contributed by atoms with Crippen molar-refractivity contribution in [3.8, 4) is 0 Å². The summed E-state index contributed by atoms with van der Waals surface area (Å²) in [5.41, 5.74) is 1.89. The van der Waals surface area contributed by atoms with E-state index in [0.29, 0.717) is 6.54 Å². The summed E-state index contributed by atoms with van der Waals surface area (Å²) in [6.07, 6.45) is 2.53. The van der Waals surface area contributed by atoms with Gasteiger partial charge >= 0.3 is 5.97 Å². The Morgan fingerprint density at radius 1 is 1.06 bits per heavy atom. The minimum atomic E-state index is -0.471. The number of hydrogen-bond donors (Lipinski definition) is 0. The van der Waals surface area contributed by atoms with Gasteiger partial charge in [0.2, 0.25) is 0 Å². The Hall–Kier alpha value is -2.78. The van der Waals surface area contributed by atoms with Crippen molar-refractivity contribution < 1.29 is 13.9 Å². The quantitative estimate of drug-likeness (QED) is 0.522. The Morgan fingerprint density at radius 2 is 1.76 bits per heavy atom. The number of fused-ring (bicyclic) bond motifs is 3. The van der Waals surface area contributed by atoms with Crippen LogP contribution < -0.4 is 9.80 Å². The van der Waals surface area contributed by atoms with Crippen molar-refractivity contribution in [3.05, 3.63) is 46.9 Å². The summed E-state index contributed by atoms with van der Waals surface area (Å²) >= 11 is 1.70. The molecule has 7 nitrogen and oxygen atoms in total. The molecule has 5 rings (SSSR count). The highest BCUT2D eigenvalue weighted by atomic mass is 32.1. The van der Waals surface area contributed by atoms with Gasteiger partial charge in [0.05, 0.1) is 11.9 Å². The molecule has 180 valence electrons. The molecule has 1 aromatic carbocycles. The first-order valence-corrected chi connectivity index (χ1v) is 12.5. The predicted molar refractivity (Wildman–Crippen MR) is 133 cm³/mol. The second-order valence-electron chi connectivity index (χ2n) is 9.88. The van der Waals surface area contributed by atoms with Crippen LogP contribution in [0.1, 0.15) is 31.2 Å². The predicted octanol–water partition coefficient (Wildman–Crippen LogP) is 3.86. The fourth-order valence-electron chi connectivity index (χ4n) is 4.72. The third kappa shape index (κ3) is 4.86. The monoisotopic (exact) mass is 483 g/mol. The summed E-state index contributed by atoms with van der Waals surface area (Å²) in [6.45, 7) is 10.9. The average molecular weight is 484 g/mol. The van der Waals surface area contributed by atoms with Crippen LogP contribution in [0.2, 0.25) is 0 Å². The Labute approximate surface area is 203 Å². The van der Waals surface area contributed by atoms with Crippen LogP contribution in [-0.4, -0.2) is 65.7 Å². The minimum Gasteiger partial charge on any atom is -0.459 e. The fraction of sp³-hybridized carbons (Fsp3) is 0.480. The van der Waals surface area contributed by atoms with E-state index < -0.39 is 5.60 Å². The highest BCUT2D eigenvalue weighted by Crippen LogP contribution is 2.38. The van der Waals surface area contributed by atoms with E-state index >= 15 is 0 Å². The molecule has 1 fully saturated rings. The van der Waals surface area contributed by atoms with Gasteiger partial charge in [-0.25, -0.2) is 14.4 Å². The van der Waals surface area contributed by atoms with Crippen molar-refractivity contribution in [1.82, 2.24) is 14.9 Å². The maximum Gasteiger partial charge on any atom is 0.320 e. The van der Waals surface area contributed by atoms with Gasteiger partial charge in [-0.1, -0.05) is 0 Å². The number of piperazine rings is 1. The molecule has 0 radical (unpaired) electrons. The zero-order valence-corrected chi connectivity index (χ0v) is 20.7. The summed E-state index contributed by atoms with van der Waals surface area (Å²) < 4.78 is 18.8. The number of carbonyl (C=O) groups excluding carboxylic acids is 1. The number of aromatic nitrogens is 2. The van der Waals surface area contributed by atoms with Gasteiger partial charge in [0.1, 0.15) is 28.4 Å². The Morgan fingerprint density at radius 3 is 2.47 bits per heavy atom. The maximum absolute atomic E-state index is 13.3. The largest absolute Gasteiger partial charge is 0.459 e. The summed E-state index contributed by atoms with van der Waals surface area (Å²) in [6, 6.07) is 6.71. The number of halogens is 1. The Balaban J connectivity index is 1.31. The molecule has 0 bridgehead atoms. The second-order valence-corrected chi connectivity index (χ2v) is 11.0. The lowest BCUT2D eigenvalue weighted by atomic mass is 10.0. The van der Waals surface area contributed by atoms with Crippen LogP contribution >= 0.6 is 11.3 Å². The number of benzene rings is 1. The van der Waals surface area contributed by atoms with Crippen LogP contribution in [0.25, 0.3) is 10.2 Å². The smallest absolute Gasteiger partial charge is 0.320 e. The van der Waals surface area contributed by atoms with Crippen LogP contribution in [0.15, 0.2) is 30.6 Å². The Bertz CT molecular complexity index is 1180. The average Bonchev–Trinajstić information content (AvgIpc) is 3.16. The van der Waals surface area contributed by atoms with E-state index in [1.54, 1.807) is 17.7 Å². The lowest BCUT2D eigenvalue weighted by molar-refractivity contribution is -0.156. The number of thiophene rings is 1. The van der Waals surface area contributed by atoms with Crippen molar-refractivity contribution in [2.24, 2.45) is 0 Å². The zero-order chi connectivity index (χ0) is 23.9. The number of nitrogens with zero attached hydrogens (tertiary/aromatic N) is 5. The van der Waals surface area contributed by atoms with Gasteiger partial charge in [-0.2, -0.15) is 0 Å². The third-order valence-electron chi connectivity index (χ3n) is 6.24. The first-order chi connectivity index (χ1) is 16.3. The minimum absolute atomic E-state index is 0.184. The van der Waals surface area contributed by atoms with Crippen LogP contribution in [-0.2, 0) is 22.5 Å². The van der Waals surface area contributed by atoms with Crippen molar-refractivity contribution in [3.63, 3.8) is 0 Å². The number of hydrogen-bond acceptors (Lipinski definition) is 8.